The van der Waals surface area contributed by atoms with Crippen LogP contribution in [0, 0.1) is 6.92 Å². The Morgan fingerprint density at radius 3 is 2.52 bits per heavy atom. The summed E-state index contributed by atoms with van der Waals surface area (Å²) in [5, 5.41) is 5.73. The second-order valence-electron chi connectivity index (χ2n) is 7.30. The van der Waals surface area contributed by atoms with E-state index in [1.807, 2.05) is 13.0 Å². The SMILES string of the molecule is Cc1cccc(S(=O)(=O)[C@H]2CC[C@H](NC(=O)c3ccnn3CC(F)(F)F)CC2)c1. The number of alkyl halides is 3. The first-order valence-electron chi connectivity index (χ1n) is 9.26. The van der Waals surface area contributed by atoms with Crippen molar-refractivity contribution in [1.29, 1.82) is 0 Å². The van der Waals surface area contributed by atoms with Crippen LogP contribution >= 0.6 is 0 Å². The zero-order chi connectivity index (χ0) is 21.2. The van der Waals surface area contributed by atoms with Crippen LogP contribution in [-0.2, 0) is 16.4 Å². The van der Waals surface area contributed by atoms with Crippen LogP contribution in [-0.4, -0.2) is 41.6 Å². The molecule has 0 spiro atoms. The Morgan fingerprint density at radius 1 is 1.21 bits per heavy atom. The smallest absolute Gasteiger partial charge is 0.348 e. The van der Waals surface area contributed by atoms with Crippen molar-refractivity contribution >= 4 is 15.7 Å². The highest BCUT2D eigenvalue weighted by Gasteiger charge is 2.34. The zero-order valence-electron chi connectivity index (χ0n) is 15.8. The number of aryl methyl sites for hydroxylation is 1. The number of benzene rings is 1. The van der Waals surface area contributed by atoms with Gasteiger partial charge in [0.05, 0.1) is 10.1 Å². The van der Waals surface area contributed by atoms with Gasteiger partial charge in [-0.2, -0.15) is 18.3 Å². The molecule has 1 saturated carbocycles. The second-order valence-corrected chi connectivity index (χ2v) is 9.53. The highest BCUT2D eigenvalue weighted by molar-refractivity contribution is 7.92. The highest BCUT2D eigenvalue weighted by atomic mass is 32.2. The molecule has 0 saturated heterocycles. The number of sulfone groups is 1. The lowest BCUT2D eigenvalue weighted by Gasteiger charge is -2.29. The number of nitrogens with zero attached hydrogens (tertiary/aromatic N) is 2. The standard InChI is InChI=1S/C19H22F3N3O3S/c1-13-3-2-4-16(11-13)29(27,28)15-7-5-14(6-8-15)24-18(26)17-9-10-23-25(17)12-19(20,21)22/h2-4,9-11,14-15H,5-8,12H2,1H3,(H,24,26)/t14-,15-. The number of hydrogen-bond acceptors (Lipinski definition) is 4. The number of amides is 1. The minimum absolute atomic E-state index is 0.170. The van der Waals surface area contributed by atoms with Gasteiger partial charge in [-0.15, -0.1) is 0 Å². The Hall–Kier alpha value is -2.36. The molecule has 158 valence electrons. The molecule has 2 aromatic rings. The molecular formula is C19H22F3N3O3S. The largest absolute Gasteiger partial charge is 0.408 e. The summed E-state index contributed by atoms with van der Waals surface area (Å²) in [6.45, 7) is 0.485. The van der Waals surface area contributed by atoms with E-state index >= 15 is 0 Å². The molecule has 0 bridgehead atoms. The molecule has 1 N–H and O–H groups in total. The topological polar surface area (TPSA) is 81.1 Å². The first kappa shape index (κ1) is 21.4. The normalized spacial score (nSPS) is 20.4. The van der Waals surface area contributed by atoms with Gasteiger partial charge >= 0.3 is 6.18 Å². The van der Waals surface area contributed by atoms with Crippen LogP contribution in [0.3, 0.4) is 0 Å². The maximum atomic E-state index is 12.8. The van der Waals surface area contributed by atoms with E-state index in [1.54, 1.807) is 18.2 Å². The van der Waals surface area contributed by atoms with E-state index in [2.05, 4.69) is 10.4 Å². The van der Waals surface area contributed by atoms with Crippen LogP contribution in [0.1, 0.15) is 41.7 Å². The van der Waals surface area contributed by atoms with Gasteiger partial charge in [-0.25, -0.2) is 8.42 Å². The third kappa shape index (κ3) is 5.17. The summed E-state index contributed by atoms with van der Waals surface area (Å²) >= 11 is 0. The third-order valence-electron chi connectivity index (χ3n) is 5.04. The molecule has 0 radical (unpaired) electrons. The van der Waals surface area contributed by atoms with Crippen molar-refractivity contribution in [3.8, 4) is 0 Å². The molecule has 0 aliphatic heterocycles. The van der Waals surface area contributed by atoms with E-state index in [-0.39, 0.29) is 11.7 Å². The minimum atomic E-state index is -4.48. The van der Waals surface area contributed by atoms with E-state index in [0.29, 0.717) is 35.3 Å². The predicted molar refractivity (Wildman–Crippen MR) is 100 cm³/mol. The molecule has 0 atom stereocenters. The third-order valence-corrected chi connectivity index (χ3v) is 7.30. The minimum Gasteiger partial charge on any atom is -0.348 e. The zero-order valence-corrected chi connectivity index (χ0v) is 16.6. The van der Waals surface area contributed by atoms with E-state index in [9.17, 15) is 26.4 Å². The van der Waals surface area contributed by atoms with Crippen LogP contribution in [0.4, 0.5) is 13.2 Å². The maximum absolute atomic E-state index is 12.8. The second kappa shape index (κ2) is 8.17. The summed E-state index contributed by atoms with van der Waals surface area (Å²) in [6, 6.07) is 7.70. The van der Waals surface area contributed by atoms with Crippen LogP contribution in [0.25, 0.3) is 0 Å². The Bertz CT molecular complexity index is 978. The van der Waals surface area contributed by atoms with Crippen molar-refractivity contribution in [3.63, 3.8) is 0 Å². The molecule has 6 nitrogen and oxygen atoms in total. The average Bonchev–Trinajstić information content (AvgIpc) is 3.08. The molecule has 29 heavy (non-hydrogen) atoms. The quantitative estimate of drug-likeness (QED) is 0.791. The summed E-state index contributed by atoms with van der Waals surface area (Å²) in [6.07, 6.45) is -1.70. The Balaban J connectivity index is 1.60. The maximum Gasteiger partial charge on any atom is 0.408 e. The number of nitrogens with one attached hydrogen (secondary N) is 1. The molecular weight excluding hydrogens is 407 g/mol. The van der Waals surface area contributed by atoms with Gasteiger partial charge in [-0.1, -0.05) is 12.1 Å². The fourth-order valence-electron chi connectivity index (χ4n) is 3.58. The molecule has 1 aromatic carbocycles. The number of carbonyl (C=O) groups excluding carboxylic acids is 1. The van der Waals surface area contributed by atoms with Gasteiger partial charge < -0.3 is 5.32 Å². The highest BCUT2D eigenvalue weighted by Crippen LogP contribution is 2.29. The summed E-state index contributed by atoms with van der Waals surface area (Å²) < 4.78 is 64.0. The van der Waals surface area contributed by atoms with E-state index < -0.39 is 33.7 Å². The summed E-state index contributed by atoms with van der Waals surface area (Å²) in [4.78, 5) is 12.7. The number of hydrogen-bond donors (Lipinski definition) is 1. The van der Waals surface area contributed by atoms with Crippen molar-refractivity contribution in [2.75, 3.05) is 0 Å². The van der Waals surface area contributed by atoms with Crippen molar-refractivity contribution in [3.05, 3.63) is 47.8 Å². The van der Waals surface area contributed by atoms with Gasteiger partial charge in [-0.05, 0) is 56.4 Å². The number of halogens is 3. The molecule has 1 aliphatic carbocycles. The average molecular weight is 429 g/mol. The summed E-state index contributed by atoms with van der Waals surface area (Å²) in [7, 11) is -3.46. The van der Waals surface area contributed by atoms with Gasteiger partial charge in [0.25, 0.3) is 5.91 Å². The van der Waals surface area contributed by atoms with Gasteiger partial charge in [0.2, 0.25) is 0 Å². The fourth-order valence-corrected chi connectivity index (χ4v) is 5.48. The molecule has 1 heterocycles. The molecule has 1 aliphatic rings. The molecule has 1 amide bonds. The lowest BCUT2D eigenvalue weighted by Crippen LogP contribution is -2.41. The van der Waals surface area contributed by atoms with Crippen molar-refractivity contribution in [1.82, 2.24) is 15.1 Å². The fraction of sp³-hybridized carbons (Fsp3) is 0.474. The van der Waals surface area contributed by atoms with Crippen LogP contribution in [0.15, 0.2) is 41.4 Å². The molecule has 0 unspecified atom stereocenters. The summed E-state index contributed by atoms with van der Waals surface area (Å²) in [5.41, 5.74) is 0.694. The van der Waals surface area contributed by atoms with Crippen molar-refractivity contribution in [2.45, 2.75) is 61.5 Å². The van der Waals surface area contributed by atoms with Crippen LogP contribution in [0.5, 0.6) is 0 Å². The van der Waals surface area contributed by atoms with Crippen molar-refractivity contribution in [2.24, 2.45) is 0 Å². The van der Waals surface area contributed by atoms with Gasteiger partial charge in [-0.3, -0.25) is 9.48 Å². The Kier molecular flexibility index (Phi) is 6.02. The monoisotopic (exact) mass is 429 g/mol. The van der Waals surface area contributed by atoms with Crippen LogP contribution in [0.2, 0.25) is 0 Å². The number of aromatic nitrogens is 2. The number of carbonyl (C=O) groups is 1. The van der Waals surface area contributed by atoms with E-state index in [4.69, 9.17) is 0 Å². The van der Waals surface area contributed by atoms with Crippen molar-refractivity contribution < 1.29 is 26.4 Å². The van der Waals surface area contributed by atoms with Gasteiger partial charge in [0.1, 0.15) is 12.2 Å². The molecule has 1 fully saturated rings. The lowest BCUT2D eigenvalue weighted by molar-refractivity contribution is -0.142. The Morgan fingerprint density at radius 2 is 1.90 bits per heavy atom. The van der Waals surface area contributed by atoms with E-state index in [1.165, 1.54) is 6.07 Å². The first-order chi connectivity index (χ1) is 13.6. The number of rotatable bonds is 5. The first-order valence-corrected chi connectivity index (χ1v) is 10.8. The van der Waals surface area contributed by atoms with Gasteiger partial charge in [0, 0.05) is 12.2 Å². The Labute approximate surface area is 167 Å². The molecule has 1 aromatic heterocycles. The predicted octanol–water partition coefficient (Wildman–Crippen LogP) is 3.27. The molecule has 3 rings (SSSR count). The van der Waals surface area contributed by atoms with Crippen LogP contribution < -0.4 is 5.32 Å². The summed E-state index contributed by atoms with van der Waals surface area (Å²) in [5.74, 6) is -0.642. The molecule has 10 heteroatoms. The van der Waals surface area contributed by atoms with E-state index in [0.717, 1.165) is 11.8 Å². The van der Waals surface area contributed by atoms with Gasteiger partial charge in [0.15, 0.2) is 9.84 Å². The lowest BCUT2D eigenvalue weighted by atomic mass is 9.95.